The van der Waals surface area contributed by atoms with Gasteiger partial charge in [-0.15, -0.1) is 0 Å². The molecule has 0 bridgehead atoms. The quantitative estimate of drug-likeness (QED) is 0.560. The van der Waals surface area contributed by atoms with E-state index in [0.717, 1.165) is 12.0 Å². The van der Waals surface area contributed by atoms with Gasteiger partial charge in [0.2, 0.25) is 0 Å². The Kier molecular flexibility index (Phi) is 6.45. The van der Waals surface area contributed by atoms with Gasteiger partial charge in [0.05, 0.1) is 29.9 Å². The summed E-state index contributed by atoms with van der Waals surface area (Å²) in [6.45, 7) is 0.331. The third-order valence-electron chi connectivity index (χ3n) is 4.75. The second kappa shape index (κ2) is 8.53. The van der Waals surface area contributed by atoms with Gasteiger partial charge >= 0.3 is 12.4 Å². The van der Waals surface area contributed by atoms with E-state index in [9.17, 15) is 26.3 Å². The molecule has 29 heavy (non-hydrogen) atoms. The molecule has 2 nitrogen and oxygen atoms in total. The van der Waals surface area contributed by atoms with Crippen LogP contribution in [0.3, 0.4) is 0 Å². The number of benzene rings is 2. The zero-order valence-corrected chi connectivity index (χ0v) is 15.8. The highest BCUT2D eigenvalue weighted by Gasteiger charge is 2.37. The number of hydrogen-bond acceptors (Lipinski definition) is 2. The van der Waals surface area contributed by atoms with Crippen LogP contribution in [0, 0.1) is 0 Å². The average Bonchev–Trinajstić information content (AvgIpc) is 2.65. The smallest absolute Gasteiger partial charge is 0.372 e. The lowest BCUT2D eigenvalue weighted by molar-refractivity contribution is -0.143. The van der Waals surface area contributed by atoms with Gasteiger partial charge in [0, 0.05) is 5.02 Å². The summed E-state index contributed by atoms with van der Waals surface area (Å²) >= 11 is 6.24. The molecule has 1 saturated heterocycles. The van der Waals surface area contributed by atoms with Gasteiger partial charge in [-0.3, -0.25) is 0 Å². The Hall–Kier alpha value is -1.77. The fourth-order valence-corrected chi connectivity index (χ4v) is 3.64. The molecule has 1 aliphatic heterocycles. The van der Waals surface area contributed by atoms with Gasteiger partial charge in [0.1, 0.15) is 0 Å². The summed E-state index contributed by atoms with van der Waals surface area (Å²) in [5.41, 5.74) is -2.11. The molecule has 0 aliphatic carbocycles. The standard InChI is InChI=1S/C20H18ClF6NO/c21-16-5-2-1-4-15(16)18-17(6-3-7-28-18)29-11-12-8-13(19(22,23)24)10-14(9-12)20(25,26)27/h1-2,4-5,8-10,17-18,28H,3,6-7,11H2. The number of halogens is 7. The fraction of sp³-hybridized carbons (Fsp3) is 0.400. The second-order valence-corrected chi connectivity index (χ2v) is 7.27. The van der Waals surface area contributed by atoms with Crippen LogP contribution in [-0.2, 0) is 23.7 Å². The molecule has 0 aromatic heterocycles. The van der Waals surface area contributed by atoms with Crippen LogP contribution in [0.5, 0.6) is 0 Å². The summed E-state index contributed by atoms with van der Waals surface area (Å²) in [5, 5.41) is 3.78. The molecular weight excluding hydrogens is 420 g/mol. The van der Waals surface area contributed by atoms with Gasteiger partial charge in [-0.05, 0) is 54.8 Å². The molecule has 2 unspecified atom stereocenters. The summed E-state index contributed by atoms with van der Waals surface area (Å²) in [5.74, 6) is 0. The van der Waals surface area contributed by atoms with Crippen molar-refractivity contribution in [3.8, 4) is 0 Å². The number of nitrogens with one attached hydrogen (secondary N) is 1. The van der Waals surface area contributed by atoms with Crippen molar-refractivity contribution < 1.29 is 31.1 Å². The molecule has 2 aromatic rings. The summed E-state index contributed by atoms with van der Waals surface area (Å²) in [7, 11) is 0. The highest BCUT2D eigenvalue weighted by molar-refractivity contribution is 6.31. The minimum atomic E-state index is -4.89. The van der Waals surface area contributed by atoms with Crippen molar-refractivity contribution in [2.24, 2.45) is 0 Å². The van der Waals surface area contributed by atoms with E-state index in [1.54, 1.807) is 18.2 Å². The third-order valence-corrected chi connectivity index (χ3v) is 5.10. The van der Waals surface area contributed by atoms with Crippen molar-refractivity contribution in [3.63, 3.8) is 0 Å². The molecular formula is C20H18ClF6NO. The maximum Gasteiger partial charge on any atom is 0.416 e. The lowest BCUT2D eigenvalue weighted by Gasteiger charge is -2.33. The first-order chi connectivity index (χ1) is 13.6. The topological polar surface area (TPSA) is 21.3 Å². The van der Waals surface area contributed by atoms with Gasteiger partial charge in [-0.2, -0.15) is 26.3 Å². The number of alkyl halides is 6. The maximum atomic E-state index is 13.0. The Bertz CT molecular complexity index is 819. The van der Waals surface area contributed by atoms with E-state index >= 15 is 0 Å². The van der Waals surface area contributed by atoms with Gasteiger partial charge in [-0.25, -0.2) is 0 Å². The van der Waals surface area contributed by atoms with Crippen molar-refractivity contribution in [1.82, 2.24) is 5.32 Å². The van der Waals surface area contributed by atoms with Crippen LogP contribution in [0.25, 0.3) is 0 Å². The molecule has 1 N–H and O–H groups in total. The van der Waals surface area contributed by atoms with Gasteiger partial charge in [0.15, 0.2) is 0 Å². The van der Waals surface area contributed by atoms with Crippen molar-refractivity contribution >= 4 is 11.6 Å². The summed E-state index contributed by atoms with van der Waals surface area (Å²) in [6.07, 6.45) is -8.84. The monoisotopic (exact) mass is 437 g/mol. The van der Waals surface area contributed by atoms with E-state index in [2.05, 4.69) is 5.32 Å². The molecule has 0 saturated carbocycles. The number of hydrogen-bond donors (Lipinski definition) is 1. The van der Waals surface area contributed by atoms with E-state index < -0.39 is 29.6 Å². The Morgan fingerprint density at radius 2 is 1.59 bits per heavy atom. The van der Waals surface area contributed by atoms with Crippen molar-refractivity contribution in [3.05, 3.63) is 69.7 Å². The van der Waals surface area contributed by atoms with Crippen LogP contribution < -0.4 is 5.32 Å². The van der Waals surface area contributed by atoms with Crippen molar-refractivity contribution in [2.75, 3.05) is 6.54 Å². The predicted octanol–water partition coefficient (Wildman–Crippen LogP) is 6.39. The first-order valence-electron chi connectivity index (χ1n) is 8.93. The number of rotatable bonds is 4. The summed E-state index contributed by atoms with van der Waals surface area (Å²) in [4.78, 5) is 0. The SMILES string of the molecule is FC(F)(F)c1cc(COC2CCCNC2c2ccccc2Cl)cc(C(F)(F)F)c1. The highest BCUT2D eigenvalue weighted by Crippen LogP contribution is 2.37. The van der Waals surface area contributed by atoms with Crippen LogP contribution in [0.4, 0.5) is 26.3 Å². The molecule has 0 amide bonds. The Labute approximate surface area is 168 Å². The normalized spacial score (nSPS) is 20.7. The molecule has 0 radical (unpaired) electrons. The van der Waals surface area contributed by atoms with Crippen molar-refractivity contribution in [2.45, 2.75) is 43.9 Å². The largest absolute Gasteiger partial charge is 0.416 e. The molecule has 158 valence electrons. The average molecular weight is 438 g/mol. The first kappa shape index (κ1) is 21.9. The molecule has 0 spiro atoms. The van der Waals surface area contributed by atoms with Gasteiger partial charge < -0.3 is 10.1 Å². The van der Waals surface area contributed by atoms with Gasteiger partial charge in [-0.1, -0.05) is 29.8 Å². The van der Waals surface area contributed by atoms with E-state index in [0.29, 0.717) is 30.1 Å². The highest BCUT2D eigenvalue weighted by atomic mass is 35.5. The molecule has 3 rings (SSSR count). The molecule has 1 heterocycles. The van der Waals surface area contributed by atoms with Crippen LogP contribution >= 0.6 is 11.6 Å². The van der Waals surface area contributed by atoms with Crippen molar-refractivity contribution in [1.29, 1.82) is 0 Å². The molecule has 1 fully saturated rings. The Morgan fingerprint density at radius 3 is 2.17 bits per heavy atom. The Balaban J connectivity index is 1.83. The third kappa shape index (κ3) is 5.43. The molecule has 1 aliphatic rings. The van der Waals surface area contributed by atoms with Gasteiger partial charge in [0.25, 0.3) is 0 Å². The van der Waals surface area contributed by atoms with Crippen LogP contribution in [0.1, 0.15) is 41.1 Å². The minimum Gasteiger partial charge on any atom is -0.372 e. The molecule has 9 heteroatoms. The Morgan fingerprint density at radius 1 is 0.966 bits per heavy atom. The number of ether oxygens (including phenoxy) is 1. The van der Waals surface area contributed by atoms with E-state index in [1.807, 2.05) is 6.07 Å². The van der Waals surface area contributed by atoms with Crippen LogP contribution in [0.15, 0.2) is 42.5 Å². The second-order valence-electron chi connectivity index (χ2n) is 6.86. The maximum absolute atomic E-state index is 13.0. The lowest BCUT2D eigenvalue weighted by Crippen LogP contribution is -2.39. The summed E-state index contributed by atoms with van der Waals surface area (Å²) < 4.78 is 83.9. The van der Waals surface area contributed by atoms with E-state index in [-0.39, 0.29) is 24.3 Å². The zero-order chi connectivity index (χ0) is 21.2. The number of piperidine rings is 1. The lowest BCUT2D eigenvalue weighted by atomic mass is 9.94. The van der Waals surface area contributed by atoms with Crippen LogP contribution in [0.2, 0.25) is 5.02 Å². The molecule has 2 atom stereocenters. The zero-order valence-electron chi connectivity index (χ0n) is 15.1. The fourth-order valence-electron chi connectivity index (χ4n) is 3.38. The summed E-state index contributed by atoms with van der Waals surface area (Å²) in [6, 6.07) is 8.29. The first-order valence-corrected chi connectivity index (χ1v) is 9.31. The van der Waals surface area contributed by atoms with E-state index in [4.69, 9.17) is 16.3 Å². The molecule has 2 aromatic carbocycles. The van der Waals surface area contributed by atoms with Crippen LogP contribution in [-0.4, -0.2) is 12.6 Å². The van der Waals surface area contributed by atoms with E-state index in [1.165, 1.54) is 0 Å². The minimum absolute atomic E-state index is 0.109. The predicted molar refractivity (Wildman–Crippen MR) is 96.5 cm³/mol.